The molecule has 0 bridgehead atoms. The molecule has 0 amide bonds. The summed E-state index contributed by atoms with van der Waals surface area (Å²) in [7, 11) is 0. The Balaban J connectivity index is 1.08. The van der Waals surface area contributed by atoms with Gasteiger partial charge in [0.05, 0.1) is 0 Å². The summed E-state index contributed by atoms with van der Waals surface area (Å²) >= 11 is 0. The Labute approximate surface area is 373 Å². The van der Waals surface area contributed by atoms with Gasteiger partial charge in [-0.3, -0.25) is 0 Å². The number of hydrogen-bond donors (Lipinski definition) is 0. The summed E-state index contributed by atoms with van der Waals surface area (Å²) in [6, 6.07) is 91.1. The number of fused-ring (bicyclic) bond motifs is 5. The second-order valence-corrected chi connectivity index (χ2v) is 16.7. The van der Waals surface area contributed by atoms with Gasteiger partial charge in [0.2, 0.25) is 0 Å². The van der Waals surface area contributed by atoms with Crippen LogP contribution in [0.4, 0.5) is 0 Å². The standard InChI is InChI=1S/C64H42/c1-4-20-44(21-5-1)48-40-41-59(50-27-11-10-26-49(48)50)62-53-30-14-18-34-57(53)64(58-35-19-15-31-54(58)62)63-55-32-16-12-28-51(55)61(52-29-13-17-33-56(52)63)47-38-36-43(37-39-47)42-60(45-22-6-2-7-23-45)46-24-8-3-9-25-46/h1-42H. The number of benzene rings is 12. The Hall–Kier alpha value is -8.32. The molecule has 0 heteroatoms. The van der Waals surface area contributed by atoms with Crippen molar-refractivity contribution >= 4 is 65.5 Å². The van der Waals surface area contributed by atoms with Crippen molar-refractivity contribution in [2.45, 2.75) is 0 Å². The molecule has 0 aliphatic heterocycles. The lowest BCUT2D eigenvalue weighted by atomic mass is 9.80. The van der Waals surface area contributed by atoms with Crippen molar-refractivity contribution in [2.24, 2.45) is 0 Å². The van der Waals surface area contributed by atoms with Crippen molar-refractivity contribution in [1.82, 2.24) is 0 Å². The van der Waals surface area contributed by atoms with Crippen LogP contribution >= 0.6 is 0 Å². The minimum Gasteiger partial charge on any atom is -0.0622 e. The van der Waals surface area contributed by atoms with E-state index in [1.54, 1.807) is 0 Å². The molecule has 0 unspecified atom stereocenters. The summed E-state index contributed by atoms with van der Waals surface area (Å²) in [4.78, 5) is 0. The van der Waals surface area contributed by atoms with Crippen molar-refractivity contribution in [2.75, 3.05) is 0 Å². The zero-order valence-electron chi connectivity index (χ0n) is 35.2. The second kappa shape index (κ2) is 15.9. The molecule has 0 saturated heterocycles. The summed E-state index contributed by atoms with van der Waals surface area (Å²) in [6.45, 7) is 0. The Kier molecular flexibility index (Phi) is 9.28. The van der Waals surface area contributed by atoms with Gasteiger partial charge in [0.1, 0.15) is 0 Å². The topological polar surface area (TPSA) is 0 Å². The molecular weight excluding hydrogens is 769 g/mol. The van der Waals surface area contributed by atoms with Gasteiger partial charge in [-0.2, -0.15) is 0 Å². The third-order valence-electron chi connectivity index (χ3n) is 13.1. The Morgan fingerprint density at radius 2 is 0.547 bits per heavy atom. The van der Waals surface area contributed by atoms with E-state index >= 15 is 0 Å². The van der Waals surface area contributed by atoms with Crippen LogP contribution in [-0.2, 0) is 0 Å². The van der Waals surface area contributed by atoms with Gasteiger partial charge in [-0.15, -0.1) is 0 Å². The predicted octanol–water partition coefficient (Wildman–Crippen LogP) is 17.7. The first-order valence-electron chi connectivity index (χ1n) is 22.2. The van der Waals surface area contributed by atoms with Crippen molar-refractivity contribution < 1.29 is 0 Å². The van der Waals surface area contributed by atoms with Crippen molar-refractivity contribution in [3.05, 3.63) is 265 Å². The van der Waals surface area contributed by atoms with Crippen LogP contribution < -0.4 is 0 Å². The van der Waals surface area contributed by atoms with E-state index in [4.69, 9.17) is 0 Å². The highest BCUT2D eigenvalue weighted by Gasteiger charge is 2.23. The maximum Gasteiger partial charge on any atom is -0.00139 e. The molecule has 12 aromatic carbocycles. The van der Waals surface area contributed by atoms with Gasteiger partial charge < -0.3 is 0 Å². The van der Waals surface area contributed by atoms with E-state index in [2.05, 4.69) is 255 Å². The molecule has 0 fully saturated rings. The normalized spacial score (nSPS) is 11.4. The number of hydrogen-bond acceptors (Lipinski definition) is 0. The predicted molar refractivity (Wildman–Crippen MR) is 276 cm³/mol. The lowest BCUT2D eigenvalue weighted by Crippen LogP contribution is -1.95. The van der Waals surface area contributed by atoms with Gasteiger partial charge in [0.25, 0.3) is 0 Å². The van der Waals surface area contributed by atoms with Crippen LogP contribution in [-0.4, -0.2) is 0 Å². The molecule has 0 radical (unpaired) electrons. The lowest BCUT2D eigenvalue weighted by Gasteiger charge is -2.23. The molecule has 12 rings (SSSR count). The largest absolute Gasteiger partial charge is 0.0622 e. The molecule has 0 nitrogen and oxygen atoms in total. The maximum atomic E-state index is 2.35. The first-order valence-corrected chi connectivity index (χ1v) is 22.2. The van der Waals surface area contributed by atoms with Crippen LogP contribution in [0.2, 0.25) is 0 Å². The third kappa shape index (κ3) is 6.31. The molecule has 0 atom stereocenters. The average molecular weight is 811 g/mol. The molecule has 64 heavy (non-hydrogen) atoms. The molecule has 0 spiro atoms. The summed E-state index contributed by atoms with van der Waals surface area (Å²) in [5.41, 5.74) is 14.8. The zero-order valence-corrected chi connectivity index (χ0v) is 35.2. The molecule has 0 aliphatic carbocycles. The molecule has 0 heterocycles. The van der Waals surface area contributed by atoms with E-state index < -0.39 is 0 Å². The Morgan fingerprint density at radius 1 is 0.219 bits per heavy atom. The lowest BCUT2D eigenvalue weighted by molar-refractivity contribution is 1.55. The van der Waals surface area contributed by atoms with Crippen LogP contribution in [0.1, 0.15) is 16.7 Å². The fourth-order valence-corrected chi connectivity index (χ4v) is 10.3. The van der Waals surface area contributed by atoms with E-state index in [1.807, 2.05) is 0 Å². The van der Waals surface area contributed by atoms with Gasteiger partial charge in [0.15, 0.2) is 0 Å². The van der Waals surface area contributed by atoms with E-state index in [-0.39, 0.29) is 0 Å². The Bertz CT molecular complexity index is 3570. The van der Waals surface area contributed by atoms with Crippen molar-refractivity contribution in [3.63, 3.8) is 0 Å². The Morgan fingerprint density at radius 3 is 0.984 bits per heavy atom. The average Bonchev–Trinajstić information content (AvgIpc) is 3.37. The third-order valence-corrected chi connectivity index (χ3v) is 13.1. The fraction of sp³-hybridized carbons (Fsp3) is 0. The maximum absolute atomic E-state index is 2.35. The molecule has 12 aromatic rings. The smallest absolute Gasteiger partial charge is 0.00139 e. The summed E-state index contributed by atoms with van der Waals surface area (Å²) in [5, 5.41) is 12.5. The van der Waals surface area contributed by atoms with Crippen LogP contribution in [0, 0.1) is 0 Å². The van der Waals surface area contributed by atoms with Crippen molar-refractivity contribution in [3.8, 4) is 44.5 Å². The molecule has 0 aliphatic rings. The highest BCUT2D eigenvalue weighted by molar-refractivity contribution is 6.31. The van der Waals surface area contributed by atoms with Crippen LogP contribution in [0.3, 0.4) is 0 Å². The quantitative estimate of drug-likeness (QED) is 0.111. The first kappa shape index (κ1) is 37.4. The van der Waals surface area contributed by atoms with E-state index in [9.17, 15) is 0 Å². The van der Waals surface area contributed by atoms with Crippen LogP contribution in [0.5, 0.6) is 0 Å². The SMILES string of the molecule is C(=C(c1ccccc1)c1ccccc1)c1ccc(-c2c3ccccc3c(-c3c4ccccc4c(-c4ccc(-c5ccccc5)c5ccccc45)c4ccccc34)c3ccccc23)cc1. The molecule has 0 aromatic heterocycles. The number of rotatable bonds is 7. The molecule has 298 valence electrons. The van der Waals surface area contributed by atoms with E-state index in [0.717, 1.165) is 5.56 Å². The first-order chi connectivity index (χ1) is 31.8. The van der Waals surface area contributed by atoms with E-state index in [1.165, 1.54) is 115 Å². The summed E-state index contributed by atoms with van der Waals surface area (Å²) < 4.78 is 0. The van der Waals surface area contributed by atoms with Crippen LogP contribution in [0.25, 0.3) is 110 Å². The zero-order chi connectivity index (χ0) is 42.4. The molecular formula is C64H42. The monoisotopic (exact) mass is 810 g/mol. The van der Waals surface area contributed by atoms with Gasteiger partial charge >= 0.3 is 0 Å². The van der Waals surface area contributed by atoms with Gasteiger partial charge in [-0.05, 0) is 127 Å². The highest BCUT2D eigenvalue weighted by Crippen LogP contribution is 2.51. The van der Waals surface area contributed by atoms with E-state index in [0.29, 0.717) is 0 Å². The summed E-state index contributed by atoms with van der Waals surface area (Å²) in [6.07, 6.45) is 2.31. The van der Waals surface area contributed by atoms with Crippen molar-refractivity contribution in [1.29, 1.82) is 0 Å². The van der Waals surface area contributed by atoms with Gasteiger partial charge in [-0.25, -0.2) is 0 Å². The minimum atomic E-state index is 1.16. The fourth-order valence-electron chi connectivity index (χ4n) is 10.3. The minimum absolute atomic E-state index is 1.16. The molecule has 0 N–H and O–H groups in total. The van der Waals surface area contributed by atoms with Gasteiger partial charge in [0, 0.05) is 0 Å². The summed E-state index contributed by atoms with van der Waals surface area (Å²) in [5.74, 6) is 0. The second-order valence-electron chi connectivity index (χ2n) is 16.7. The van der Waals surface area contributed by atoms with Gasteiger partial charge in [-0.1, -0.05) is 249 Å². The van der Waals surface area contributed by atoms with Crippen LogP contribution in [0.15, 0.2) is 249 Å². The highest BCUT2D eigenvalue weighted by atomic mass is 14.3. The molecule has 0 saturated carbocycles.